The number of carbonyl (C=O) groups excluding carboxylic acids is 1. The van der Waals surface area contributed by atoms with E-state index in [-0.39, 0.29) is 30.5 Å². The second-order valence-corrected chi connectivity index (χ2v) is 5.69. The van der Waals surface area contributed by atoms with Gasteiger partial charge in [-0.15, -0.1) is 0 Å². The number of nitrogens with zero attached hydrogens (tertiary/aromatic N) is 5. The SMILES string of the molecule is Cc1cc(Br)c(N2CC(CN=[N+]=[N-])CC2=O)cc1[N+](=O)[O-]. The fourth-order valence-corrected chi connectivity index (χ4v) is 3.01. The number of hydrogen-bond donors (Lipinski definition) is 0. The zero-order valence-corrected chi connectivity index (χ0v) is 12.8. The number of rotatable bonds is 4. The van der Waals surface area contributed by atoms with E-state index in [1.165, 1.54) is 11.0 Å². The third-order valence-corrected chi connectivity index (χ3v) is 4.00. The van der Waals surface area contributed by atoms with E-state index in [0.717, 1.165) is 0 Å². The van der Waals surface area contributed by atoms with Gasteiger partial charge in [0.1, 0.15) is 0 Å². The number of nitro groups is 1. The van der Waals surface area contributed by atoms with Gasteiger partial charge < -0.3 is 4.90 Å². The van der Waals surface area contributed by atoms with E-state index in [2.05, 4.69) is 26.0 Å². The molecule has 0 spiro atoms. The summed E-state index contributed by atoms with van der Waals surface area (Å²) >= 11 is 3.34. The van der Waals surface area contributed by atoms with Crippen LogP contribution in [0.4, 0.5) is 11.4 Å². The Balaban J connectivity index is 2.33. The number of benzene rings is 1. The van der Waals surface area contributed by atoms with Gasteiger partial charge in [0, 0.05) is 40.5 Å². The molecule has 1 amide bonds. The summed E-state index contributed by atoms with van der Waals surface area (Å²) in [6.07, 6.45) is 0.271. The molecule has 1 aromatic carbocycles. The number of halogens is 1. The molecule has 2 rings (SSSR count). The summed E-state index contributed by atoms with van der Waals surface area (Å²) in [5.41, 5.74) is 9.29. The molecule has 9 heteroatoms. The van der Waals surface area contributed by atoms with Crippen LogP contribution in [0.25, 0.3) is 10.4 Å². The van der Waals surface area contributed by atoms with E-state index >= 15 is 0 Å². The number of nitro benzene ring substituents is 1. The van der Waals surface area contributed by atoms with Crippen LogP contribution in [0.1, 0.15) is 12.0 Å². The zero-order valence-electron chi connectivity index (χ0n) is 11.2. The van der Waals surface area contributed by atoms with Crippen molar-refractivity contribution in [1.82, 2.24) is 0 Å². The average Bonchev–Trinajstić information content (AvgIpc) is 2.77. The monoisotopic (exact) mass is 353 g/mol. The summed E-state index contributed by atoms with van der Waals surface area (Å²) in [4.78, 5) is 26.8. The maximum Gasteiger partial charge on any atom is 0.274 e. The van der Waals surface area contributed by atoms with E-state index in [1.54, 1.807) is 13.0 Å². The van der Waals surface area contributed by atoms with Gasteiger partial charge in [0.15, 0.2) is 0 Å². The Morgan fingerprint density at radius 2 is 2.33 bits per heavy atom. The number of hydrogen-bond acceptors (Lipinski definition) is 4. The normalized spacial score (nSPS) is 17.7. The van der Waals surface area contributed by atoms with E-state index < -0.39 is 4.92 Å². The predicted molar refractivity (Wildman–Crippen MR) is 80.0 cm³/mol. The predicted octanol–water partition coefficient (Wildman–Crippen LogP) is 3.33. The molecule has 110 valence electrons. The van der Waals surface area contributed by atoms with Crippen LogP contribution in [0.3, 0.4) is 0 Å². The van der Waals surface area contributed by atoms with Gasteiger partial charge in [-0.2, -0.15) is 0 Å². The Labute approximate surface area is 128 Å². The van der Waals surface area contributed by atoms with Gasteiger partial charge in [-0.1, -0.05) is 5.11 Å². The van der Waals surface area contributed by atoms with Crippen molar-refractivity contribution in [3.8, 4) is 0 Å². The molecule has 1 atom stereocenters. The lowest BCUT2D eigenvalue weighted by Gasteiger charge is -2.18. The van der Waals surface area contributed by atoms with Crippen LogP contribution in [0.15, 0.2) is 21.7 Å². The second kappa shape index (κ2) is 6.11. The second-order valence-electron chi connectivity index (χ2n) is 4.84. The van der Waals surface area contributed by atoms with Crippen molar-refractivity contribution in [2.45, 2.75) is 13.3 Å². The van der Waals surface area contributed by atoms with Crippen molar-refractivity contribution in [1.29, 1.82) is 0 Å². The molecule has 0 radical (unpaired) electrons. The standard InChI is InChI=1S/C12H12BrN5O3/c1-7-2-9(13)11(4-10(7)18(20)21)17-6-8(3-12(17)19)5-15-16-14/h2,4,8H,3,5-6H2,1H3. The Bertz CT molecular complexity index is 657. The molecule has 0 aromatic heterocycles. The number of aryl methyl sites for hydroxylation is 1. The molecule has 1 heterocycles. The molecule has 1 unspecified atom stereocenters. The summed E-state index contributed by atoms with van der Waals surface area (Å²) < 4.78 is 0.628. The molecular weight excluding hydrogens is 342 g/mol. The fraction of sp³-hybridized carbons (Fsp3) is 0.417. The van der Waals surface area contributed by atoms with Gasteiger partial charge in [-0.3, -0.25) is 14.9 Å². The largest absolute Gasteiger partial charge is 0.311 e. The lowest BCUT2D eigenvalue weighted by Crippen LogP contribution is -2.25. The van der Waals surface area contributed by atoms with Crippen LogP contribution in [-0.2, 0) is 4.79 Å². The smallest absolute Gasteiger partial charge is 0.274 e. The quantitative estimate of drug-likeness (QED) is 0.272. The van der Waals surface area contributed by atoms with Crippen LogP contribution in [0.5, 0.6) is 0 Å². The van der Waals surface area contributed by atoms with Gasteiger partial charge in [0.2, 0.25) is 5.91 Å². The Morgan fingerprint density at radius 1 is 1.62 bits per heavy atom. The third kappa shape index (κ3) is 3.14. The van der Waals surface area contributed by atoms with Gasteiger partial charge in [-0.05, 0) is 40.4 Å². The fourth-order valence-electron chi connectivity index (χ4n) is 2.34. The van der Waals surface area contributed by atoms with E-state index in [9.17, 15) is 14.9 Å². The van der Waals surface area contributed by atoms with Crippen LogP contribution in [-0.4, -0.2) is 23.9 Å². The van der Waals surface area contributed by atoms with Gasteiger partial charge in [-0.25, -0.2) is 0 Å². The Kier molecular flexibility index (Phi) is 4.44. The minimum absolute atomic E-state index is 0.0282. The first kappa shape index (κ1) is 15.3. The van der Waals surface area contributed by atoms with E-state index in [1.807, 2.05) is 0 Å². The van der Waals surface area contributed by atoms with E-state index in [0.29, 0.717) is 22.3 Å². The maximum absolute atomic E-state index is 12.1. The summed E-state index contributed by atoms with van der Waals surface area (Å²) in [6, 6.07) is 3.02. The summed E-state index contributed by atoms with van der Waals surface area (Å²) in [5.74, 6) is -0.201. The topological polar surface area (TPSA) is 112 Å². The maximum atomic E-state index is 12.1. The van der Waals surface area contributed by atoms with Crippen molar-refractivity contribution in [3.05, 3.63) is 42.7 Å². The lowest BCUT2D eigenvalue weighted by molar-refractivity contribution is -0.385. The molecule has 0 aliphatic carbocycles. The molecule has 1 aliphatic rings. The zero-order chi connectivity index (χ0) is 15.6. The highest BCUT2D eigenvalue weighted by Crippen LogP contribution is 2.36. The minimum atomic E-state index is -0.469. The summed E-state index contributed by atoms with van der Waals surface area (Å²) in [7, 11) is 0. The van der Waals surface area contributed by atoms with Crippen LogP contribution in [0, 0.1) is 23.0 Å². The minimum Gasteiger partial charge on any atom is -0.311 e. The third-order valence-electron chi connectivity index (χ3n) is 3.36. The first-order chi connectivity index (χ1) is 9.93. The molecule has 1 aliphatic heterocycles. The molecule has 1 fully saturated rings. The van der Waals surface area contributed by atoms with Crippen molar-refractivity contribution in [2.75, 3.05) is 18.0 Å². The summed E-state index contributed by atoms with van der Waals surface area (Å²) in [5, 5.41) is 14.5. The van der Waals surface area contributed by atoms with Crippen LogP contribution < -0.4 is 4.90 Å². The average molecular weight is 354 g/mol. The highest BCUT2D eigenvalue weighted by molar-refractivity contribution is 9.10. The van der Waals surface area contributed by atoms with Crippen LogP contribution in [0.2, 0.25) is 0 Å². The van der Waals surface area contributed by atoms with Crippen LogP contribution >= 0.6 is 15.9 Å². The van der Waals surface area contributed by atoms with Crippen molar-refractivity contribution >= 4 is 33.2 Å². The summed E-state index contributed by atoms with van der Waals surface area (Å²) in [6.45, 7) is 2.27. The van der Waals surface area contributed by atoms with Gasteiger partial charge >= 0.3 is 0 Å². The molecule has 0 bridgehead atoms. The number of azide groups is 1. The molecule has 1 aromatic rings. The first-order valence-electron chi connectivity index (χ1n) is 6.19. The van der Waals surface area contributed by atoms with Gasteiger partial charge in [0.25, 0.3) is 5.69 Å². The first-order valence-corrected chi connectivity index (χ1v) is 6.99. The number of amides is 1. The molecule has 0 saturated carbocycles. The van der Waals surface area contributed by atoms with Crippen molar-refractivity contribution in [2.24, 2.45) is 11.0 Å². The van der Waals surface area contributed by atoms with Crippen molar-refractivity contribution < 1.29 is 9.72 Å². The Hall–Kier alpha value is -2.12. The van der Waals surface area contributed by atoms with E-state index in [4.69, 9.17) is 5.53 Å². The Morgan fingerprint density at radius 3 is 2.95 bits per heavy atom. The number of anilines is 1. The molecule has 8 nitrogen and oxygen atoms in total. The lowest BCUT2D eigenvalue weighted by atomic mass is 10.1. The van der Waals surface area contributed by atoms with Crippen molar-refractivity contribution in [3.63, 3.8) is 0 Å². The molecule has 1 saturated heterocycles. The van der Waals surface area contributed by atoms with Gasteiger partial charge in [0.05, 0.1) is 10.6 Å². The molecule has 21 heavy (non-hydrogen) atoms. The highest BCUT2D eigenvalue weighted by Gasteiger charge is 2.32. The number of carbonyl (C=O) groups is 1. The molecular formula is C12H12BrN5O3. The highest BCUT2D eigenvalue weighted by atomic mass is 79.9. The molecule has 0 N–H and O–H groups in total.